The molecule has 1 aromatic carbocycles. The molecule has 0 aliphatic carbocycles. The molecular weight excluding hydrogens is 498 g/mol. The molecule has 0 aliphatic rings. The SMILES string of the molecule is O=C(CCCC(=O)NCCSSC(=O)c1ccc([N+](=O)[O-])cc1)NCCSSB=NP. The Labute approximate surface area is 199 Å². The minimum atomic E-state index is -0.519. The molecule has 9 nitrogen and oxygen atoms in total. The minimum absolute atomic E-state index is 0.0651. The van der Waals surface area contributed by atoms with E-state index in [0.717, 1.165) is 16.5 Å². The number of nitro groups is 1. The van der Waals surface area contributed by atoms with Gasteiger partial charge in [0.1, 0.15) is 0 Å². The summed E-state index contributed by atoms with van der Waals surface area (Å²) in [6.07, 6.45) is 2.73. The monoisotopic (exact) mass is 520 g/mol. The van der Waals surface area contributed by atoms with Crippen molar-refractivity contribution in [3.8, 4) is 0 Å². The molecule has 1 atom stereocenters. The summed E-state index contributed by atoms with van der Waals surface area (Å²) in [5, 5.41) is 16.0. The van der Waals surface area contributed by atoms with Crippen LogP contribution in [0.25, 0.3) is 0 Å². The van der Waals surface area contributed by atoms with Crippen LogP contribution in [0.4, 0.5) is 5.69 Å². The Bertz CT molecular complexity index is 773. The second-order valence-electron chi connectivity index (χ2n) is 5.72. The quantitative estimate of drug-likeness (QED) is 0.0891. The Morgan fingerprint density at radius 2 is 1.61 bits per heavy atom. The summed E-state index contributed by atoms with van der Waals surface area (Å²) in [7, 11) is 7.65. The summed E-state index contributed by atoms with van der Waals surface area (Å²) < 4.78 is 3.76. The van der Waals surface area contributed by atoms with E-state index in [1.165, 1.54) is 45.7 Å². The number of rotatable bonds is 15. The van der Waals surface area contributed by atoms with Crippen molar-refractivity contribution in [1.29, 1.82) is 0 Å². The number of hydrogen-bond acceptors (Lipinski definition) is 10. The van der Waals surface area contributed by atoms with E-state index in [4.69, 9.17) is 0 Å². The van der Waals surface area contributed by atoms with Gasteiger partial charge in [-0.1, -0.05) is 10.8 Å². The second kappa shape index (κ2) is 17.5. The van der Waals surface area contributed by atoms with E-state index < -0.39 is 4.92 Å². The first kappa shape index (κ1) is 28.0. The fourth-order valence-corrected chi connectivity index (χ4v) is 5.44. The molecule has 168 valence electrons. The Balaban J connectivity index is 2.04. The van der Waals surface area contributed by atoms with Crippen molar-refractivity contribution in [1.82, 2.24) is 10.6 Å². The maximum absolute atomic E-state index is 12.0. The molecule has 0 saturated heterocycles. The number of nitrogens with one attached hydrogen (secondary N) is 2. The Morgan fingerprint density at radius 3 is 2.16 bits per heavy atom. The van der Waals surface area contributed by atoms with Crippen LogP contribution in [0.5, 0.6) is 0 Å². The molecule has 1 rings (SSSR count). The van der Waals surface area contributed by atoms with Gasteiger partial charge in [-0.15, -0.1) is 0 Å². The average Bonchev–Trinajstić information content (AvgIpc) is 2.75. The number of carbonyl (C=O) groups is 3. The normalized spacial score (nSPS) is 10.5. The van der Waals surface area contributed by atoms with Crippen molar-refractivity contribution < 1.29 is 19.3 Å². The van der Waals surface area contributed by atoms with Crippen molar-refractivity contribution in [3.05, 3.63) is 39.9 Å². The second-order valence-corrected chi connectivity index (χ2v) is 10.7. The third-order valence-electron chi connectivity index (χ3n) is 3.44. The van der Waals surface area contributed by atoms with Crippen LogP contribution in [0.2, 0.25) is 0 Å². The van der Waals surface area contributed by atoms with Gasteiger partial charge in [0, 0.05) is 23.4 Å². The van der Waals surface area contributed by atoms with Crippen molar-refractivity contribution >= 4 is 81.4 Å². The molecule has 1 aromatic rings. The van der Waals surface area contributed by atoms with Crippen molar-refractivity contribution in [3.63, 3.8) is 0 Å². The zero-order valence-electron chi connectivity index (χ0n) is 16.5. The summed E-state index contributed by atoms with van der Waals surface area (Å²) >= 11 is 0. The van der Waals surface area contributed by atoms with Gasteiger partial charge in [0.25, 0.3) is 5.69 Å². The zero-order chi connectivity index (χ0) is 22.9. The summed E-state index contributed by atoms with van der Waals surface area (Å²) in [5.41, 5.74) is 0.321. The molecule has 0 spiro atoms. The zero-order valence-corrected chi connectivity index (χ0v) is 20.9. The van der Waals surface area contributed by atoms with Gasteiger partial charge in [-0.25, -0.2) is 0 Å². The molecular formula is C16H22BN4O5PS4. The number of benzene rings is 1. The molecule has 1 unspecified atom stereocenters. The third-order valence-corrected chi connectivity index (χ3v) is 7.87. The number of hydrogen-bond donors (Lipinski definition) is 2. The van der Waals surface area contributed by atoms with Gasteiger partial charge in [0.05, 0.1) is 4.92 Å². The van der Waals surface area contributed by atoms with Gasteiger partial charge in [-0.2, -0.15) is 0 Å². The molecule has 0 aliphatic heterocycles. The van der Waals surface area contributed by atoms with Crippen LogP contribution < -0.4 is 10.6 Å². The number of non-ortho nitro benzene ring substituents is 1. The third kappa shape index (κ3) is 13.8. The van der Waals surface area contributed by atoms with Crippen LogP contribution in [0.1, 0.15) is 29.6 Å². The van der Waals surface area contributed by atoms with Gasteiger partial charge in [-0.05, 0) is 22.9 Å². The van der Waals surface area contributed by atoms with Crippen LogP contribution in [-0.2, 0) is 9.59 Å². The van der Waals surface area contributed by atoms with E-state index in [-0.39, 0.29) is 29.0 Å². The maximum atomic E-state index is 12.0. The predicted molar refractivity (Wildman–Crippen MR) is 135 cm³/mol. The molecule has 31 heavy (non-hydrogen) atoms. The predicted octanol–water partition coefficient (Wildman–Crippen LogP) is 3.49. The number of nitro benzene ring substituents is 1. The standard InChI is InChI=1S/C16H22BN4O5PS4/c22-14(2-1-3-15(23)19-9-11-29-31-17-20-27)18-8-10-28-30-16(24)12-4-6-13(7-5-12)21(25)26/h4-7H,1-3,8-11,27H2,(H,18,22)(H,19,23). The summed E-state index contributed by atoms with van der Waals surface area (Å²) in [6, 6.07) is 5.42. The van der Waals surface area contributed by atoms with Crippen LogP contribution in [0, 0.1) is 10.1 Å². The number of amides is 2. The van der Waals surface area contributed by atoms with E-state index in [2.05, 4.69) is 24.7 Å². The van der Waals surface area contributed by atoms with Crippen molar-refractivity contribution in [2.75, 3.05) is 24.6 Å². The topological polar surface area (TPSA) is 131 Å². The molecule has 0 bridgehead atoms. The molecule has 15 heteroatoms. The molecule has 2 N–H and O–H groups in total. The van der Waals surface area contributed by atoms with E-state index in [9.17, 15) is 24.5 Å². The Morgan fingerprint density at radius 1 is 1.03 bits per heavy atom. The van der Waals surface area contributed by atoms with Gasteiger partial charge >= 0.3 is 112 Å². The van der Waals surface area contributed by atoms with Gasteiger partial charge in [0.15, 0.2) is 0 Å². The van der Waals surface area contributed by atoms with Crippen LogP contribution >= 0.6 is 52.4 Å². The number of carbonyl (C=O) groups excluding carboxylic acids is 3. The Hall–Kier alpha value is -1.08. The Kier molecular flexibility index (Phi) is 15.8. The molecule has 2 amide bonds. The summed E-state index contributed by atoms with van der Waals surface area (Å²) in [5.74, 6) is 1.10. The first-order valence-corrected chi connectivity index (χ1v) is 14.3. The molecule has 0 saturated carbocycles. The molecule has 0 radical (unpaired) electrons. The van der Waals surface area contributed by atoms with Gasteiger partial charge in [0.2, 0.25) is 5.12 Å². The summed E-state index contributed by atoms with van der Waals surface area (Å²) in [6.45, 7) is 0.978. The first-order chi connectivity index (χ1) is 14.9. The fraction of sp³-hybridized carbons (Fsp3) is 0.438. The molecule has 0 aromatic heterocycles. The number of nitrogens with zero attached hydrogens (tertiary/aromatic N) is 2. The van der Waals surface area contributed by atoms with Gasteiger partial charge in [-0.3, -0.25) is 14.9 Å². The van der Waals surface area contributed by atoms with Gasteiger partial charge < -0.3 is 0 Å². The van der Waals surface area contributed by atoms with E-state index in [1.807, 2.05) is 0 Å². The molecule has 0 heterocycles. The van der Waals surface area contributed by atoms with Crippen LogP contribution in [-0.4, -0.2) is 52.8 Å². The van der Waals surface area contributed by atoms with E-state index in [1.54, 1.807) is 17.1 Å². The summed E-state index contributed by atoms with van der Waals surface area (Å²) in [4.78, 5) is 45.6. The van der Waals surface area contributed by atoms with Crippen LogP contribution in [0.15, 0.2) is 28.9 Å². The average molecular weight is 520 g/mol. The van der Waals surface area contributed by atoms with Crippen molar-refractivity contribution in [2.45, 2.75) is 19.3 Å². The van der Waals surface area contributed by atoms with Crippen molar-refractivity contribution in [2.24, 2.45) is 4.67 Å². The molecule has 0 fully saturated rings. The first-order valence-electron chi connectivity index (χ1n) is 9.05. The fourth-order valence-electron chi connectivity index (χ4n) is 2.02. The van der Waals surface area contributed by atoms with E-state index in [0.29, 0.717) is 37.2 Å². The van der Waals surface area contributed by atoms with E-state index >= 15 is 0 Å². The van der Waals surface area contributed by atoms with Crippen LogP contribution in [0.3, 0.4) is 0 Å².